The van der Waals surface area contributed by atoms with Crippen LogP contribution in [0.2, 0.25) is 0 Å². The Morgan fingerprint density at radius 3 is 2.52 bits per heavy atom. The number of amides is 1. The number of esters is 1. The van der Waals surface area contributed by atoms with Crippen molar-refractivity contribution in [1.29, 1.82) is 0 Å². The predicted octanol–water partition coefficient (Wildman–Crippen LogP) is 3.21. The van der Waals surface area contributed by atoms with Gasteiger partial charge in [0, 0.05) is 42.6 Å². The van der Waals surface area contributed by atoms with Crippen LogP contribution in [0.15, 0.2) is 45.9 Å². The Bertz CT molecular complexity index is 1630. The van der Waals surface area contributed by atoms with Crippen LogP contribution >= 0.6 is 0 Å². The van der Waals surface area contributed by atoms with Gasteiger partial charge in [-0.15, -0.1) is 0 Å². The van der Waals surface area contributed by atoms with Crippen LogP contribution in [0, 0.1) is 41.4 Å². The zero-order valence-corrected chi connectivity index (χ0v) is 28.8. The summed E-state index contributed by atoms with van der Waals surface area (Å²) in [6.07, 6.45) is 8.67. The largest absolute Gasteiger partial charge is 0.458 e. The maximum Gasteiger partial charge on any atom is 0.331 e. The zero-order chi connectivity index (χ0) is 34.1. The summed E-state index contributed by atoms with van der Waals surface area (Å²) in [6, 6.07) is 6.71. The number of carbonyl (C=O) groups is 2. The molecule has 4 saturated carbocycles. The quantitative estimate of drug-likeness (QED) is 0.202. The molecule has 7 rings (SSSR count). The third-order valence-corrected chi connectivity index (χ3v) is 15.4. The molecular weight excluding hydrogens is 634 g/mol. The standard InChI is InChI=1S/C36H49N3O8S/c1-23-5-7-27(8-6-23)48(45,46)39-17-3-4-24(20-39)32(42)38-37-22-34-14-9-26(40)19-35(34,43)15-11-30-29(34)10-13-33(2)28(12-16-36(30,33)44)25-18-31(41)47-21-25/h5-8,18,22,24,26,28-30,40,43-44H,3-4,9-17,19-21H2,1-2H3,(H,38,42)/b37-22-/t24-,26+,28-,29-,30+,33+,34-,35+,36+/m0/s1. The molecule has 9 atom stereocenters. The molecule has 11 nitrogen and oxygen atoms in total. The van der Waals surface area contributed by atoms with E-state index in [0.29, 0.717) is 57.9 Å². The SMILES string of the molecule is Cc1ccc(S(=O)(=O)N2CCC[C@H](C(=O)N/N=C\[C@]34CC[C@@H](O)C[C@]3(O)CC[C@@H]3[C@@H]4CC[C@]4(C)[C@H](C5=CC(=O)OC5)CC[C@@]34O)C2)cc1. The minimum absolute atomic E-state index is 0.0395. The number of hydrazone groups is 1. The zero-order valence-electron chi connectivity index (χ0n) is 27.9. The van der Waals surface area contributed by atoms with Crippen LogP contribution in [0.3, 0.4) is 0 Å². The lowest BCUT2D eigenvalue weighted by molar-refractivity contribution is -0.237. The summed E-state index contributed by atoms with van der Waals surface area (Å²) in [6.45, 7) is 4.71. The number of hydrogen-bond donors (Lipinski definition) is 4. The summed E-state index contributed by atoms with van der Waals surface area (Å²) in [7, 11) is -3.75. The number of nitrogens with one attached hydrogen (secondary N) is 1. The van der Waals surface area contributed by atoms with E-state index < -0.39 is 44.1 Å². The van der Waals surface area contributed by atoms with E-state index in [0.717, 1.165) is 24.0 Å². The number of aryl methyl sites for hydroxylation is 1. The van der Waals surface area contributed by atoms with Crippen LogP contribution in [0.4, 0.5) is 0 Å². The monoisotopic (exact) mass is 683 g/mol. The smallest absolute Gasteiger partial charge is 0.331 e. The molecule has 2 aliphatic heterocycles. The number of carbonyl (C=O) groups excluding carboxylic acids is 2. The molecule has 0 radical (unpaired) electrons. The van der Waals surface area contributed by atoms with Crippen molar-refractivity contribution in [3.05, 3.63) is 41.5 Å². The number of sulfonamides is 1. The molecule has 5 fully saturated rings. The highest BCUT2D eigenvalue weighted by atomic mass is 32.2. The van der Waals surface area contributed by atoms with Crippen LogP contribution in [-0.2, 0) is 24.3 Å². The molecule has 12 heteroatoms. The molecule has 1 aromatic rings. The molecule has 262 valence electrons. The number of cyclic esters (lactones) is 1. The Hall–Kier alpha value is -2.64. The Balaban J connectivity index is 1.11. The van der Waals surface area contributed by atoms with Gasteiger partial charge in [-0.05, 0) is 107 Å². The number of aliphatic hydroxyl groups excluding tert-OH is 1. The lowest BCUT2D eigenvalue weighted by atomic mass is 9.41. The van der Waals surface area contributed by atoms with Gasteiger partial charge in [-0.3, -0.25) is 4.79 Å². The van der Waals surface area contributed by atoms with E-state index >= 15 is 0 Å². The van der Waals surface area contributed by atoms with E-state index in [9.17, 15) is 33.3 Å². The molecular formula is C36H49N3O8S. The number of fused-ring (bicyclic) bond motifs is 5. The summed E-state index contributed by atoms with van der Waals surface area (Å²) in [5.41, 5.74) is 1.05. The summed E-state index contributed by atoms with van der Waals surface area (Å²) in [5, 5.41) is 40.1. The molecule has 48 heavy (non-hydrogen) atoms. The van der Waals surface area contributed by atoms with Crippen LogP contribution in [0.25, 0.3) is 0 Å². The summed E-state index contributed by atoms with van der Waals surface area (Å²) in [4.78, 5) is 25.6. The summed E-state index contributed by atoms with van der Waals surface area (Å²) in [5.74, 6) is -1.48. The van der Waals surface area contributed by atoms with Crippen LogP contribution < -0.4 is 5.43 Å². The molecule has 0 bridgehead atoms. The van der Waals surface area contributed by atoms with Gasteiger partial charge in [0.05, 0.1) is 28.1 Å². The number of aliphatic hydroxyl groups is 3. The minimum Gasteiger partial charge on any atom is -0.458 e. The first kappa shape index (κ1) is 33.8. The number of ether oxygens (including phenoxy) is 1. The second-order valence-corrected chi connectivity index (χ2v) is 17.7. The normalized spacial score (nSPS) is 41.6. The maximum absolute atomic E-state index is 13.5. The first-order valence-electron chi connectivity index (χ1n) is 17.6. The lowest BCUT2D eigenvalue weighted by Gasteiger charge is -2.65. The van der Waals surface area contributed by atoms with Crippen LogP contribution in [0.5, 0.6) is 0 Å². The highest BCUT2D eigenvalue weighted by Gasteiger charge is 2.71. The molecule has 4 aliphatic carbocycles. The van der Waals surface area contributed by atoms with E-state index in [4.69, 9.17) is 4.74 Å². The fourth-order valence-corrected chi connectivity index (χ4v) is 12.4. The van der Waals surface area contributed by atoms with Gasteiger partial charge in [0.1, 0.15) is 6.61 Å². The average molecular weight is 684 g/mol. The fraction of sp³-hybridized carbons (Fsp3) is 0.694. The highest BCUT2D eigenvalue weighted by Crippen LogP contribution is 2.70. The molecule has 0 unspecified atom stereocenters. The molecule has 2 heterocycles. The van der Waals surface area contributed by atoms with Gasteiger partial charge in [-0.2, -0.15) is 9.41 Å². The topological polar surface area (TPSA) is 166 Å². The van der Waals surface area contributed by atoms with Crippen LogP contribution in [-0.4, -0.2) is 83.1 Å². The molecule has 1 amide bonds. The van der Waals surface area contributed by atoms with Gasteiger partial charge in [-0.1, -0.05) is 24.6 Å². The Kier molecular flexibility index (Phi) is 8.46. The Labute approximate surface area is 282 Å². The van der Waals surface area contributed by atoms with E-state index in [1.54, 1.807) is 36.6 Å². The summed E-state index contributed by atoms with van der Waals surface area (Å²) >= 11 is 0. The van der Waals surface area contributed by atoms with E-state index in [1.807, 2.05) is 6.92 Å². The number of nitrogens with zero attached hydrogens (tertiary/aromatic N) is 2. The van der Waals surface area contributed by atoms with E-state index in [-0.39, 0.29) is 54.1 Å². The molecule has 4 N–H and O–H groups in total. The van der Waals surface area contributed by atoms with Gasteiger partial charge in [0.2, 0.25) is 15.9 Å². The lowest BCUT2D eigenvalue weighted by Crippen LogP contribution is -2.68. The van der Waals surface area contributed by atoms with E-state index in [1.165, 1.54) is 4.31 Å². The average Bonchev–Trinajstić information content (AvgIpc) is 3.60. The molecule has 1 saturated heterocycles. The number of hydrogen-bond acceptors (Lipinski definition) is 9. The second-order valence-electron chi connectivity index (χ2n) is 15.8. The van der Waals surface area contributed by atoms with Gasteiger partial charge < -0.3 is 20.1 Å². The number of rotatable bonds is 6. The van der Waals surface area contributed by atoms with Crippen molar-refractivity contribution >= 4 is 28.1 Å². The second kappa shape index (κ2) is 12.0. The van der Waals surface area contributed by atoms with Gasteiger partial charge >= 0.3 is 5.97 Å². The Morgan fingerprint density at radius 1 is 1.04 bits per heavy atom. The third kappa shape index (κ3) is 5.20. The van der Waals surface area contributed by atoms with Gasteiger partial charge in [0.25, 0.3) is 0 Å². The highest BCUT2D eigenvalue weighted by molar-refractivity contribution is 7.89. The molecule has 6 aliphatic rings. The molecule has 0 aromatic heterocycles. The first-order valence-corrected chi connectivity index (χ1v) is 19.1. The number of piperidine rings is 1. The van der Waals surface area contributed by atoms with Crippen molar-refractivity contribution in [3.63, 3.8) is 0 Å². The van der Waals surface area contributed by atoms with Crippen molar-refractivity contribution < 1.29 is 38.1 Å². The summed E-state index contributed by atoms with van der Waals surface area (Å²) < 4.78 is 33.3. The van der Waals surface area contributed by atoms with Crippen molar-refractivity contribution in [1.82, 2.24) is 9.73 Å². The maximum atomic E-state index is 13.5. The van der Waals surface area contributed by atoms with Crippen molar-refractivity contribution in [3.8, 4) is 0 Å². The number of benzene rings is 1. The first-order chi connectivity index (χ1) is 22.7. The third-order valence-electron chi connectivity index (χ3n) is 13.5. The van der Waals surface area contributed by atoms with E-state index in [2.05, 4.69) is 17.5 Å². The fourth-order valence-electron chi connectivity index (χ4n) is 10.9. The van der Waals surface area contributed by atoms with Gasteiger partial charge in [0.15, 0.2) is 0 Å². The Morgan fingerprint density at radius 2 is 1.79 bits per heavy atom. The molecule has 0 spiro atoms. The molecule has 1 aromatic carbocycles. The van der Waals surface area contributed by atoms with Crippen LogP contribution in [0.1, 0.15) is 83.1 Å². The van der Waals surface area contributed by atoms with Crippen molar-refractivity contribution in [2.24, 2.45) is 39.6 Å². The van der Waals surface area contributed by atoms with Gasteiger partial charge in [-0.25, -0.2) is 18.6 Å². The van der Waals surface area contributed by atoms with Crippen molar-refractivity contribution in [2.75, 3.05) is 19.7 Å². The van der Waals surface area contributed by atoms with Crippen molar-refractivity contribution in [2.45, 2.75) is 107 Å². The minimum atomic E-state index is -3.75. The predicted molar refractivity (Wildman–Crippen MR) is 177 cm³/mol.